The first kappa shape index (κ1) is 14.7. The van der Waals surface area contributed by atoms with Gasteiger partial charge in [-0.25, -0.2) is 0 Å². The Morgan fingerprint density at radius 2 is 1.82 bits per heavy atom. The van der Waals surface area contributed by atoms with Gasteiger partial charge < -0.3 is 24.7 Å². The molecule has 0 radical (unpaired) electrons. The second kappa shape index (κ2) is 6.68. The van der Waals surface area contributed by atoms with E-state index in [-0.39, 0.29) is 0 Å². The molecule has 1 saturated heterocycles. The molecule has 5 heteroatoms. The van der Waals surface area contributed by atoms with Gasteiger partial charge in [0.25, 0.3) is 0 Å². The van der Waals surface area contributed by atoms with E-state index in [2.05, 4.69) is 0 Å². The maximum absolute atomic E-state index is 6.05. The molecule has 22 heavy (non-hydrogen) atoms. The first-order valence-electron chi connectivity index (χ1n) is 7.15. The molecule has 2 aromatic carbocycles. The fourth-order valence-electron chi connectivity index (χ4n) is 2.35. The molecule has 1 fully saturated rings. The van der Waals surface area contributed by atoms with Gasteiger partial charge in [-0.15, -0.1) is 0 Å². The predicted octanol–water partition coefficient (Wildman–Crippen LogP) is 2.90. The first-order valence-corrected chi connectivity index (χ1v) is 7.15. The van der Waals surface area contributed by atoms with Gasteiger partial charge in [-0.05, 0) is 29.8 Å². The van der Waals surface area contributed by atoms with E-state index in [0.29, 0.717) is 31.3 Å². The van der Waals surface area contributed by atoms with Crippen molar-refractivity contribution in [2.75, 3.05) is 26.1 Å². The summed E-state index contributed by atoms with van der Waals surface area (Å²) >= 11 is 0. The molecule has 0 aliphatic carbocycles. The summed E-state index contributed by atoms with van der Waals surface area (Å²) in [7, 11) is 1.64. The van der Waals surface area contributed by atoms with E-state index in [4.69, 9.17) is 24.7 Å². The number of anilines is 1. The van der Waals surface area contributed by atoms with Crippen molar-refractivity contribution in [3.8, 4) is 11.5 Å². The van der Waals surface area contributed by atoms with Crippen molar-refractivity contribution < 1.29 is 18.9 Å². The van der Waals surface area contributed by atoms with Gasteiger partial charge in [0.05, 0.1) is 25.9 Å². The molecule has 0 amide bonds. The van der Waals surface area contributed by atoms with Gasteiger partial charge in [0.1, 0.15) is 18.1 Å². The molecule has 3 rings (SSSR count). The van der Waals surface area contributed by atoms with E-state index in [0.717, 1.165) is 16.9 Å². The van der Waals surface area contributed by atoms with Crippen molar-refractivity contribution in [1.29, 1.82) is 0 Å². The van der Waals surface area contributed by atoms with E-state index in [9.17, 15) is 0 Å². The standard InChI is InChI=1S/C17H19NO4/c1-19-13-7-5-12(6-8-13)11-22-15-4-2-3-14(18)16(15)17-20-9-10-21-17/h2-8,17H,9-11,18H2,1H3. The zero-order chi connectivity index (χ0) is 15.4. The van der Waals surface area contributed by atoms with Crippen molar-refractivity contribution in [2.45, 2.75) is 12.9 Å². The van der Waals surface area contributed by atoms with Gasteiger partial charge >= 0.3 is 0 Å². The molecule has 0 bridgehead atoms. The first-order chi connectivity index (χ1) is 10.8. The average Bonchev–Trinajstić information content (AvgIpc) is 3.07. The fraction of sp³-hybridized carbons (Fsp3) is 0.294. The molecular formula is C17H19NO4. The van der Waals surface area contributed by atoms with Crippen LogP contribution in [0.15, 0.2) is 42.5 Å². The molecule has 0 saturated carbocycles. The molecule has 5 nitrogen and oxygen atoms in total. The summed E-state index contributed by atoms with van der Waals surface area (Å²) in [5.41, 5.74) is 8.46. The van der Waals surface area contributed by atoms with Crippen LogP contribution in [0.25, 0.3) is 0 Å². The summed E-state index contributed by atoms with van der Waals surface area (Å²) in [5.74, 6) is 1.50. The van der Waals surface area contributed by atoms with Crippen LogP contribution >= 0.6 is 0 Å². The monoisotopic (exact) mass is 301 g/mol. The van der Waals surface area contributed by atoms with E-state index < -0.39 is 6.29 Å². The molecule has 1 aliphatic rings. The maximum atomic E-state index is 6.05. The van der Waals surface area contributed by atoms with E-state index in [1.807, 2.05) is 42.5 Å². The molecule has 1 aliphatic heterocycles. The van der Waals surface area contributed by atoms with Crippen molar-refractivity contribution in [1.82, 2.24) is 0 Å². The average molecular weight is 301 g/mol. The van der Waals surface area contributed by atoms with Gasteiger partial charge in [0.2, 0.25) is 0 Å². The second-order valence-electron chi connectivity index (χ2n) is 4.97. The summed E-state index contributed by atoms with van der Waals surface area (Å²) in [6.07, 6.45) is -0.452. The fourth-order valence-corrected chi connectivity index (χ4v) is 2.35. The molecule has 2 N–H and O–H groups in total. The lowest BCUT2D eigenvalue weighted by Gasteiger charge is -2.17. The lowest BCUT2D eigenvalue weighted by Crippen LogP contribution is -2.07. The zero-order valence-corrected chi connectivity index (χ0v) is 12.5. The highest BCUT2D eigenvalue weighted by molar-refractivity contribution is 5.55. The Balaban J connectivity index is 1.75. The molecule has 0 spiro atoms. The minimum atomic E-state index is -0.452. The summed E-state index contributed by atoms with van der Waals surface area (Å²) < 4.78 is 22.1. The summed E-state index contributed by atoms with van der Waals surface area (Å²) in [6.45, 7) is 1.57. The minimum Gasteiger partial charge on any atom is -0.497 e. The molecule has 0 atom stereocenters. The number of rotatable bonds is 5. The number of nitrogens with two attached hydrogens (primary N) is 1. The Bertz CT molecular complexity index is 621. The van der Waals surface area contributed by atoms with Crippen molar-refractivity contribution >= 4 is 5.69 Å². The van der Waals surface area contributed by atoms with Crippen molar-refractivity contribution in [3.05, 3.63) is 53.6 Å². The Labute approximate surface area is 129 Å². The van der Waals surface area contributed by atoms with Crippen molar-refractivity contribution in [2.24, 2.45) is 0 Å². The third-order valence-corrected chi connectivity index (χ3v) is 3.51. The van der Waals surface area contributed by atoms with Gasteiger partial charge in [-0.3, -0.25) is 0 Å². The summed E-state index contributed by atoms with van der Waals surface area (Å²) in [4.78, 5) is 0. The smallest absolute Gasteiger partial charge is 0.189 e. The van der Waals surface area contributed by atoms with E-state index in [1.54, 1.807) is 7.11 Å². The third kappa shape index (κ3) is 3.16. The van der Waals surface area contributed by atoms with Gasteiger partial charge in [-0.2, -0.15) is 0 Å². The van der Waals surface area contributed by atoms with E-state index >= 15 is 0 Å². The summed E-state index contributed by atoms with van der Waals surface area (Å²) in [6, 6.07) is 13.3. The Morgan fingerprint density at radius 1 is 1.09 bits per heavy atom. The number of hydrogen-bond donors (Lipinski definition) is 1. The largest absolute Gasteiger partial charge is 0.497 e. The zero-order valence-electron chi connectivity index (χ0n) is 12.5. The summed E-state index contributed by atoms with van der Waals surface area (Å²) in [5, 5.41) is 0. The van der Waals surface area contributed by atoms with Crippen LogP contribution in [0.2, 0.25) is 0 Å². The van der Waals surface area contributed by atoms with Crippen LogP contribution in [-0.2, 0) is 16.1 Å². The lowest BCUT2D eigenvalue weighted by atomic mass is 10.1. The van der Waals surface area contributed by atoms with Gasteiger partial charge in [-0.1, -0.05) is 18.2 Å². The number of methoxy groups -OCH3 is 1. The Morgan fingerprint density at radius 3 is 2.50 bits per heavy atom. The van der Waals surface area contributed by atoms with E-state index in [1.165, 1.54) is 0 Å². The van der Waals surface area contributed by atoms with Gasteiger partial charge in [0.15, 0.2) is 6.29 Å². The molecule has 1 heterocycles. The normalized spacial score (nSPS) is 15.0. The van der Waals surface area contributed by atoms with Crippen LogP contribution in [0, 0.1) is 0 Å². The maximum Gasteiger partial charge on any atom is 0.189 e. The highest BCUT2D eigenvalue weighted by Gasteiger charge is 2.24. The van der Waals surface area contributed by atoms with Crippen molar-refractivity contribution in [3.63, 3.8) is 0 Å². The van der Waals surface area contributed by atoms with Crippen LogP contribution in [0.1, 0.15) is 17.4 Å². The van der Waals surface area contributed by atoms with Crippen LogP contribution < -0.4 is 15.2 Å². The second-order valence-corrected chi connectivity index (χ2v) is 4.97. The van der Waals surface area contributed by atoms with Crippen LogP contribution in [0.5, 0.6) is 11.5 Å². The highest BCUT2D eigenvalue weighted by Crippen LogP contribution is 2.36. The number of benzene rings is 2. The lowest BCUT2D eigenvalue weighted by molar-refractivity contribution is -0.0452. The van der Waals surface area contributed by atoms with Crippen LogP contribution in [0.3, 0.4) is 0 Å². The Kier molecular flexibility index (Phi) is 4.46. The quantitative estimate of drug-likeness (QED) is 0.860. The third-order valence-electron chi connectivity index (χ3n) is 3.51. The van der Waals surface area contributed by atoms with Gasteiger partial charge in [0, 0.05) is 5.69 Å². The molecule has 2 aromatic rings. The minimum absolute atomic E-state index is 0.438. The SMILES string of the molecule is COc1ccc(COc2cccc(N)c2C2OCCO2)cc1. The Hall–Kier alpha value is -2.24. The molecule has 116 valence electrons. The number of hydrogen-bond acceptors (Lipinski definition) is 5. The molecule has 0 unspecified atom stereocenters. The molecular weight excluding hydrogens is 282 g/mol. The predicted molar refractivity (Wildman–Crippen MR) is 82.8 cm³/mol. The van der Waals surface area contributed by atoms with Crippen LogP contribution in [0.4, 0.5) is 5.69 Å². The highest BCUT2D eigenvalue weighted by atomic mass is 16.7. The number of ether oxygens (including phenoxy) is 4. The van der Waals surface area contributed by atoms with Crippen LogP contribution in [-0.4, -0.2) is 20.3 Å². The number of nitrogen functional groups attached to an aromatic ring is 1. The molecule has 0 aromatic heterocycles. The topological polar surface area (TPSA) is 62.9 Å².